The molecule has 0 amide bonds. The molecule has 0 spiro atoms. The maximum absolute atomic E-state index is 5.70. The average molecular weight is 392 g/mol. The molecule has 21 heavy (non-hydrogen) atoms. The first kappa shape index (κ1) is 14.1. The number of nitrogens with zero attached hydrogens (tertiary/aromatic N) is 2. The third kappa shape index (κ3) is 3.24. The summed E-state index contributed by atoms with van der Waals surface area (Å²) in [4.78, 5) is 4.38. The Kier molecular flexibility index (Phi) is 4.19. The van der Waals surface area contributed by atoms with Crippen LogP contribution in [-0.4, -0.2) is 10.1 Å². The molecule has 0 N–H and O–H groups in total. The van der Waals surface area contributed by atoms with Gasteiger partial charge in [-0.3, -0.25) is 0 Å². The van der Waals surface area contributed by atoms with E-state index in [-0.39, 0.29) is 6.61 Å². The molecule has 4 nitrogen and oxygen atoms in total. The molecule has 0 aliphatic heterocycles. The fourth-order valence-electron chi connectivity index (χ4n) is 1.95. The highest BCUT2D eigenvalue weighted by atomic mass is 127. The summed E-state index contributed by atoms with van der Waals surface area (Å²) in [6.07, 6.45) is 0. The number of aryl methyl sites for hydroxylation is 1. The molecule has 2 aromatic carbocycles. The minimum absolute atomic E-state index is 0.263. The van der Waals surface area contributed by atoms with Crippen LogP contribution in [0, 0.1) is 10.5 Å². The maximum atomic E-state index is 5.70. The van der Waals surface area contributed by atoms with Crippen molar-refractivity contribution in [1.82, 2.24) is 10.1 Å². The fraction of sp³-hybridized carbons (Fsp3) is 0.125. The molecular formula is C16H13IN2O2. The van der Waals surface area contributed by atoms with Crippen LogP contribution in [0.4, 0.5) is 0 Å². The Morgan fingerprint density at radius 2 is 1.86 bits per heavy atom. The molecule has 0 radical (unpaired) electrons. The molecule has 0 fully saturated rings. The Morgan fingerprint density at radius 1 is 1.10 bits per heavy atom. The molecule has 1 aromatic heterocycles. The maximum Gasteiger partial charge on any atom is 0.264 e. The first-order valence-corrected chi connectivity index (χ1v) is 7.58. The van der Waals surface area contributed by atoms with Gasteiger partial charge >= 0.3 is 0 Å². The highest BCUT2D eigenvalue weighted by Crippen LogP contribution is 2.22. The van der Waals surface area contributed by atoms with E-state index in [2.05, 4.69) is 32.7 Å². The molecule has 0 bridgehead atoms. The van der Waals surface area contributed by atoms with Crippen molar-refractivity contribution in [2.24, 2.45) is 0 Å². The van der Waals surface area contributed by atoms with E-state index in [1.165, 1.54) is 0 Å². The lowest BCUT2D eigenvalue weighted by Crippen LogP contribution is -1.97. The summed E-state index contributed by atoms with van der Waals surface area (Å²) < 4.78 is 12.0. The topological polar surface area (TPSA) is 48.2 Å². The molecule has 5 heteroatoms. The zero-order valence-corrected chi connectivity index (χ0v) is 13.6. The first-order valence-electron chi connectivity index (χ1n) is 6.50. The Morgan fingerprint density at radius 3 is 2.67 bits per heavy atom. The molecule has 106 valence electrons. The first-order chi connectivity index (χ1) is 10.2. The van der Waals surface area contributed by atoms with Crippen molar-refractivity contribution in [2.75, 3.05) is 0 Å². The highest BCUT2D eigenvalue weighted by molar-refractivity contribution is 14.1. The molecule has 0 unspecified atom stereocenters. The van der Waals surface area contributed by atoms with Crippen LogP contribution in [0.3, 0.4) is 0 Å². The van der Waals surface area contributed by atoms with Crippen LogP contribution in [-0.2, 0) is 6.61 Å². The van der Waals surface area contributed by atoms with Gasteiger partial charge in [0.15, 0.2) is 6.61 Å². The van der Waals surface area contributed by atoms with Crippen molar-refractivity contribution in [3.05, 3.63) is 63.6 Å². The number of hydrogen-bond acceptors (Lipinski definition) is 4. The third-order valence-corrected chi connectivity index (χ3v) is 3.93. The number of ether oxygens (including phenoxy) is 1. The Balaban J connectivity index is 1.74. The van der Waals surface area contributed by atoms with E-state index >= 15 is 0 Å². The summed E-state index contributed by atoms with van der Waals surface area (Å²) in [6, 6.07) is 15.8. The average Bonchev–Trinajstić information content (AvgIpc) is 2.96. The Hall–Kier alpha value is -1.89. The van der Waals surface area contributed by atoms with Crippen molar-refractivity contribution in [3.63, 3.8) is 0 Å². The summed E-state index contributed by atoms with van der Waals surface area (Å²) in [7, 11) is 0. The number of para-hydroxylation sites is 1. The van der Waals surface area contributed by atoms with Crippen LogP contribution in [0.5, 0.6) is 5.75 Å². The van der Waals surface area contributed by atoms with Gasteiger partial charge in [-0.25, -0.2) is 0 Å². The lowest BCUT2D eigenvalue weighted by molar-refractivity contribution is 0.241. The van der Waals surface area contributed by atoms with E-state index in [9.17, 15) is 0 Å². The van der Waals surface area contributed by atoms with Crippen molar-refractivity contribution in [2.45, 2.75) is 13.5 Å². The second-order valence-corrected chi connectivity index (χ2v) is 5.71. The van der Waals surface area contributed by atoms with Crippen LogP contribution in [0.1, 0.15) is 11.5 Å². The van der Waals surface area contributed by atoms with Crippen molar-refractivity contribution >= 4 is 22.6 Å². The molecule has 0 saturated heterocycles. The second-order valence-electron chi connectivity index (χ2n) is 4.55. The summed E-state index contributed by atoms with van der Waals surface area (Å²) in [5, 5.41) is 4.01. The lowest BCUT2D eigenvalue weighted by Gasteiger charge is -2.04. The monoisotopic (exact) mass is 392 g/mol. The van der Waals surface area contributed by atoms with Gasteiger partial charge in [0.2, 0.25) is 5.82 Å². The quantitative estimate of drug-likeness (QED) is 0.624. The van der Waals surface area contributed by atoms with E-state index in [0.717, 1.165) is 20.4 Å². The number of halogens is 1. The van der Waals surface area contributed by atoms with E-state index < -0.39 is 0 Å². The molecule has 0 aliphatic rings. The zero-order valence-electron chi connectivity index (χ0n) is 11.4. The van der Waals surface area contributed by atoms with Gasteiger partial charge in [0.05, 0.1) is 3.57 Å². The van der Waals surface area contributed by atoms with Crippen LogP contribution in [0.15, 0.2) is 53.1 Å². The SMILES string of the molecule is Cc1ccccc1-c1noc(COc2ccccc2I)n1. The van der Waals surface area contributed by atoms with Crippen molar-refractivity contribution in [3.8, 4) is 17.1 Å². The minimum atomic E-state index is 0.263. The van der Waals surface area contributed by atoms with E-state index in [1.807, 2.05) is 55.5 Å². The van der Waals surface area contributed by atoms with E-state index in [4.69, 9.17) is 9.26 Å². The van der Waals surface area contributed by atoms with Gasteiger partial charge in [-0.2, -0.15) is 4.98 Å². The predicted octanol–water partition coefficient (Wildman–Crippen LogP) is 4.23. The minimum Gasteiger partial charge on any atom is -0.483 e. The smallest absolute Gasteiger partial charge is 0.264 e. The van der Waals surface area contributed by atoms with Gasteiger partial charge in [-0.15, -0.1) is 0 Å². The highest BCUT2D eigenvalue weighted by Gasteiger charge is 2.11. The predicted molar refractivity (Wildman–Crippen MR) is 88.0 cm³/mol. The molecule has 3 aromatic rings. The van der Waals surface area contributed by atoms with Gasteiger partial charge < -0.3 is 9.26 Å². The van der Waals surface area contributed by atoms with Crippen LogP contribution in [0.25, 0.3) is 11.4 Å². The van der Waals surface area contributed by atoms with Gasteiger partial charge in [0.1, 0.15) is 5.75 Å². The summed E-state index contributed by atoms with van der Waals surface area (Å²) in [5.74, 6) is 1.87. The summed E-state index contributed by atoms with van der Waals surface area (Å²) >= 11 is 2.23. The standard InChI is InChI=1S/C16H13IN2O2/c1-11-6-2-3-7-12(11)16-18-15(21-19-16)10-20-14-9-5-4-8-13(14)17/h2-9H,10H2,1H3. The van der Waals surface area contributed by atoms with Gasteiger partial charge in [-0.1, -0.05) is 41.6 Å². The molecule has 1 heterocycles. The summed E-state index contributed by atoms with van der Waals surface area (Å²) in [5.41, 5.74) is 2.09. The molecule has 0 atom stereocenters. The van der Waals surface area contributed by atoms with Gasteiger partial charge in [0.25, 0.3) is 5.89 Å². The summed E-state index contributed by atoms with van der Waals surface area (Å²) in [6.45, 7) is 2.28. The van der Waals surface area contributed by atoms with E-state index in [1.54, 1.807) is 0 Å². The van der Waals surface area contributed by atoms with Crippen molar-refractivity contribution in [1.29, 1.82) is 0 Å². The van der Waals surface area contributed by atoms with Gasteiger partial charge in [-0.05, 0) is 47.2 Å². The Bertz CT molecular complexity index is 755. The molecule has 0 saturated carbocycles. The largest absolute Gasteiger partial charge is 0.483 e. The second kappa shape index (κ2) is 6.26. The number of rotatable bonds is 4. The molecule has 3 rings (SSSR count). The number of hydrogen-bond donors (Lipinski definition) is 0. The molecular weight excluding hydrogens is 379 g/mol. The molecule has 0 aliphatic carbocycles. The van der Waals surface area contributed by atoms with Crippen molar-refractivity contribution < 1.29 is 9.26 Å². The third-order valence-electron chi connectivity index (χ3n) is 3.04. The van der Waals surface area contributed by atoms with Crippen LogP contribution < -0.4 is 4.74 Å². The van der Waals surface area contributed by atoms with Crippen LogP contribution >= 0.6 is 22.6 Å². The zero-order chi connectivity index (χ0) is 14.7. The fourth-order valence-corrected chi connectivity index (χ4v) is 2.49. The Labute approximate surface area is 136 Å². The lowest BCUT2D eigenvalue weighted by atomic mass is 10.1. The number of aromatic nitrogens is 2. The normalized spacial score (nSPS) is 10.6. The number of benzene rings is 2. The van der Waals surface area contributed by atoms with Crippen LogP contribution in [0.2, 0.25) is 0 Å². The van der Waals surface area contributed by atoms with Gasteiger partial charge in [0, 0.05) is 5.56 Å². The van der Waals surface area contributed by atoms with E-state index in [0.29, 0.717) is 11.7 Å².